The molecule has 25 heavy (non-hydrogen) atoms. The molecule has 3 aromatic rings. The molecular weight excluding hydrogens is 327 g/mol. The second kappa shape index (κ2) is 7.61. The quantitative estimate of drug-likeness (QED) is 0.712. The second-order valence-electron chi connectivity index (χ2n) is 5.21. The zero-order valence-corrected chi connectivity index (χ0v) is 13.6. The Kier molecular flexibility index (Phi) is 5.08. The Morgan fingerprint density at radius 1 is 1.32 bits per heavy atom. The Hall–Kier alpha value is -3.16. The van der Waals surface area contributed by atoms with Crippen LogP contribution in [0.1, 0.15) is 12.8 Å². The zero-order chi connectivity index (χ0) is 17.6. The molecular formula is C17H17FN4O3. The fraction of sp³-hybridized carbons (Fsp3) is 0.235. The number of aromatic nitrogens is 3. The summed E-state index contributed by atoms with van der Waals surface area (Å²) in [5.41, 5.74) is 0.850. The summed E-state index contributed by atoms with van der Waals surface area (Å²) in [4.78, 5) is 16.1. The third kappa shape index (κ3) is 4.23. The van der Waals surface area contributed by atoms with Crippen molar-refractivity contribution in [2.24, 2.45) is 0 Å². The highest BCUT2D eigenvalue weighted by Gasteiger charge is 2.12. The van der Waals surface area contributed by atoms with Crippen LogP contribution in [-0.4, -0.2) is 27.2 Å². The molecule has 0 saturated carbocycles. The van der Waals surface area contributed by atoms with Gasteiger partial charge in [-0.2, -0.15) is 4.98 Å². The minimum absolute atomic E-state index is 0.103. The van der Waals surface area contributed by atoms with Gasteiger partial charge in [0, 0.05) is 12.7 Å². The fourth-order valence-corrected chi connectivity index (χ4v) is 2.23. The highest BCUT2D eigenvalue weighted by atomic mass is 19.1. The summed E-state index contributed by atoms with van der Waals surface area (Å²) in [5, 5.41) is 6.55. The molecule has 1 aromatic carbocycles. The second-order valence-corrected chi connectivity index (χ2v) is 5.21. The van der Waals surface area contributed by atoms with Gasteiger partial charge in [-0.15, -0.1) is 0 Å². The number of ether oxygens (including phenoxy) is 1. The Bertz CT molecular complexity index is 842. The molecule has 130 valence electrons. The van der Waals surface area contributed by atoms with Gasteiger partial charge in [0.15, 0.2) is 6.61 Å². The number of carbonyl (C=O) groups excluding carboxylic acids is 1. The van der Waals surface area contributed by atoms with Crippen molar-refractivity contribution in [2.45, 2.75) is 20.0 Å². The van der Waals surface area contributed by atoms with Crippen molar-refractivity contribution < 1.29 is 18.4 Å². The monoisotopic (exact) mass is 344 g/mol. The third-order valence-corrected chi connectivity index (χ3v) is 3.49. The van der Waals surface area contributed by atoms with Crippen LogP contribution in [-0.2, 0) is 17.9 Å². The maximum absolute atomic E-state index is 12.8. The predicted octanol–water partition coefficient (Wildman–Crippen LogP) is 2.39. The Labute approximate surface area is 143 Å². The SMILES string of the molecule is CCn1cccc1-c1noc(CNC(=O)COc2ccc(F)cc2)n1. The molecule has 3 rings (SSSR count). The van der Waals surface area contributed by atoms with Crippen molar-refractivity contribution >= 4 is 5.91 Å². The number of rotatable bonds is 7. The molecule has 1 N–H and O–H groups in total. The summed E-state index contributed by atoms with van der Waals surface area (Å²) >= 11 is 0. The van der Waals surface area contributed by atoms with Crippen LogP contribution < -0.4 is 10.1 Å². The normalized spacial score (nSPS) is 10.6. The molecule has 1 amide bonds. The number of nitrogens with one attached hydrogen (secondary N) is 1. The van der Waals surface area contributed by atoms with Crippen molar-refractivity contribution in [3.63, 3.8) is 0 Å². The lowest BCUT2D eigenvalue weighted by Crippen LogP contribution is -2.28. The maximum atomic E-state index is 12.8. The van der Waals surface area contributed by atoms with Gasteiger partial charge in [0.25, 0.3) is 5.91 Å². The van der Waals surface area contributed by atoms with E-state index in [4.69, 9.17) is 9.26 Å². The number of benzene rings is 1. The molecule has 0 spiro atoms. The van der Waals surface area contributed by atoms with Crippen LogP contribution in [0.25, 0.3) is 11.5 Å². The Morgan fingerprint density at radius 2 is 2.12 bits per heavy atom. The van der Waals surface area contributed by atoms with E-state index >= 15 is 0 Å². The van der Waals surface area contributed by atoms with E-state index in [1.807, 2.05) is 29.8 Å². The molecule has 0 atom stereocenters. The molecule has 0 aliphatic rings. The van der Waals surface area contributed by atoms with E-state index in [-0.39, 0.29) is 24.9 Å². The van der Waals surface area contributed by atoms with Gasteiger partial charge in [-0.05, 0) is 43.3 Å². The van der Waals surface area contributed by atoms with Crippen LogP contribution in [0.2, 0.25) is 0 Å². The number of carbonyl (C=O) groups is 1. The molecule has 7 nitrogen and oxygen atoms in total. The average Bonchev–Trinajstić information content (AvgIpc) is 3.28. The highest BCUT2D eigenvalue weighted by Crippen LogP contribution is 2.16. The predicted molar refractivity (Wildman–Crippen MR) is 87.1 cm³/mol. The molecule has 8 heteroatoms. The molecule has 0 bridgehead atoms. The summed E-state index contributed by atoms with van der Waals surface area (Å²) in [5.74, 6) is 0.476. The van der Waals surface area contributed by atoms with Crippen LogP contribution in [0.5, 0.6) is 5.75 Å². The lowest BCUT2D eigenvalue weighted by atomic mass is 10.3. The fourth-order valence-electron chi connectivity index (χ4n) is 2.23. The third-order valence-electron chi connectivity index (χ3n) is 3.49. The zero-order valence-electron chi connectivity index (χ0n) is 13.6. The largest absolute Gasteiger partial charge is 0.484 e. The number of aryl methyl sites for hydroxylation is 1. The van der Waals surface area contributed by atoms with E-state index in [1.165, 1.54) is 24.3 Å². The molecule has 0 saturated heterocycles. The number of hydrogen-bond donors (Lipinski definition) is 1. The maximum Gasteiger partial charge on any atom is 0.258 e. The van der Waals surface area contributed by atoms with Crippen molar-refractivity contribution in [2.75, 3.05) is 6.61 Å². The topological polar surface area (TPSA) is 82.2 Å². The van der Waals surface area contributed by atoms with Gasteiger partial charge in [-0.25, -0.2) is 4.39 Å². The van der Waals surface area contributed by atoms with Gasteiger partial charge in [-0.3, -0.25) is 4.79 Å². The number of hydrogen-bond acceptors (Lipinski definition) is 5. The first-order valence-corrected chi connectivity index (χ1v) is 7.79. The summed E-state index contributed by atoms with van der Waals surface area (Å²) in [6.45, 7) is 2.73. The summed E-state index contributed by atoms with van der Waals surface area (Å²) in [6.07, 6.45) is 1.93. The first-order chi connectivity index (χ1) is 12.2. The molecule has 0 fully saturated rings. The molecule has 2 heterocycles. The first kappa shape index (κ1) is 16.7. The van der Waals surface area contributed by atoms with Gasteiger partial charge in [0.1, 0.15) is 11.6 Å². The smallest absolute Gasteiger partial charge is 0.258 e. The van der Waals surface area contributed by atoms with Crippen LogP contribution >= 0.6 is 0 Å². The van der Waals surface area contributed by atoms with E-state index < -0.39 is 0 Å². The van der Waals surface area contributed by atoms with Crippen molar-refractivity contribution in [1.29, 1.82) is 0 Å². The highest BCUT2D eigenvalue weighted by molar-refractivity contribution is 5.77. The molecule has 0 radical (unpaired) electrons. The van der Waals surface area contributed by atoms with Gasteiger partial charge in [0.05, 0.1) is 12.2 Å². The van der Waals surface area contributed by atoms with Gasteiger partial charge in [0.2, 0.25) is 11.7 Å². The van der Waals surface area contributed by atoms with Gasteiger partial charge >= 0.3 is 0 Å². The standard InChI is InChI=1S/C17H17FN4O3/c1-2-22-9-3-4-14(22)17-20-16(25-21-17)10-19-15(23)11-24-13-7-5-12(18)6-8-13/h3-9H,2,10-11H2,1H3,(H,19,23). The van der Waals surface area contributed by atoms with E-state index in [2.05, 4.69) is 15.5 Å². The first-order valence-electron chi connectivity index (χ1n) is 7.79. The van der Waals surface area contributed by atoms with E-state index in [0.717, 1.165) is 12.2 Å². The van der Waals surface area contributed by atoms with Crippen molar-refractivity contribution in [3.05, 3.63) is 54.3 Å². The van der Waals surface area contributed by atoms with Crippen LogP contribution in [0, 0.1) is 5.82 Å². The number of nitrogens with zero attached hydrogens (tertiary/aromatic N) is 3. The van der Waals surface area contributed by atoms with Gasteiger partial charge in [-0.1, -0.05) is 5.16 Å². The lowest BCUT2D eigenvalue weighted by molar-refractivity contribution is -0.123. The minimum Gasteiger partial charge on any atom is -0.484 e. The average molecular weight is 344 g/mol. The Balaban J connectivity index is 1.50. The number of amides is 1. The van der Waals surface area contributed by atoms with Gasteiger partial charge < -0.3 is 19.1 Å². The molecule has 2 aromatic heterocycles. The minimum atomic E-state index is -0.363. The number of halogens is 1. The van der Waals surface area contributed by atoms with E-state index in [0.29, 0.717) is 17.5 Å². The van der Waals surface area contributed by atoms with Crippen molar-refractivity contribution in [3.8, 4) is 17.3 Å². The van der Waals surface area contributed by atoms with Crippen LogP contribution in [0.4, 0.5) is 4.39 Å². The summed E-state index contributed by atoms with van der Waals surface area (Å²) in [7, 11) is 0. The van der Waals surface area contributed by atoms with E-state index in [9.17, 15) is 9.18 Å². The van der Waals surface area contributed by atoms with Crippen molar-refractivity contribution in [1.82, 2.24) is 20.0 Å². The summed E-state index contributed by atoms with van der Waals surface area (Å²) in [6, 6.07) is 9.24. The molecule has 0 aliphatic carbocycles. The van der Waals surface area contributed by atoms with Crippen LogP contribution in [0.15, 0.2) is 47.1 Å². The summed E-state index contributed by atoms with van der Waals surface area (Å²) < 4.78 is 25.2. The Morgan fingerprint density at radius 3 is 2.88 bits per heavy atom. The lowest BCUT2D eigenvalue weighted by Gasteiger charge is -2.05. The molecule has 0 unspecified atom stereocenters. The van der Waals surface area contributed by atoms with Crippen LogP contribution in [0.3, 0.4) is 0 Å². The van der Waals surface area contributed by atoms with E-state index in [1.54, 1.807) is 0 Å². The molecule has 0 aliphatic heterocycles.